The maximum atomic E-state index is 12.7. The predicted octanol–water partition coefficient (Wildman–Crippen LogP) is 19.3. The molecule has 0 aromatic heterocycles. The minimum atomic E-state index is -0.767. The van der Waals surface area contributed by atoms with E-state index in [2.05, 4.69) is 32.9 Å². The Labute approximate surface area is 405 Å². The van der Waals surface area contributed by atoms with Crippen LogP contribution in [0.5, 0.6) is 0 Å². The molecular formula is C59H112O6. The van der Waals surface area contributed by atoms with E-state index in [0.29, 0.717) is 19.3 Å². The molecule has 0 aliphatic heterocycles. The second-order valence-electron chi connectivity index (χ2n) is 19.9. The molecule has 0 saturated heterocycles. The van der Waals surface area contributed by atoms with Crippen LogP contribution in [0.2, 0.25) is 0 Å². The van der Waals surface area contributed by atoms with Crippen molar-refractivity contribution in [2.45, 2.75) is 335 Å². The van der Waals surface area contributed by atoms with Crippen molar-refractivity contribution in [2.75, 3.05) is 13.2 Å². The van der Waals surface area contributed by atoms with Crippen LogP contribution < -0.4 is 0 Å². The zero-order chi connectivity index (χ0) is 47.2. The smallest absolute Gasteiger partial charge is 0.306 e. The number of unbranched alkanes of at least 4 members (excludes halogenated alkanes) is 41. The largest absolute Gasteiger partial charge is 0.462 e. The van der Waals surface area contributed by atoms with Crippen LogP contribution in [0.4, 0.5) is 0 Å². The molecule has 65 heavy (non-hydrogen) atoms. The van der Waals surface area contributed by atoms with Gasteiger partial charge in [-0.2, -0.15) is 0 Å². The van der Waals surface area contributed by atoms with Crippen molar-refractivity contribution in [1.82, 2.24) is 0 Å². The normalized spacial score (nSPS) is 12.0. The zero-order valence-corrected chi connectivity index (χ0v) is 44.0. The van der Waals surface area contributed by atoms with Gasteiger partial charge in [0.2, 0.25) is 0 Å². The van der Waals surface area contributed by atoms with Gasteiger partial charge in [-0.15, -0.1) is 0 Å². The quantitative estimate of drug-likeness (QED) is 0.0262. The summed E-state index contributed by atoms with van der Waals surface area (Å²) in [7, 11) is 0. The highest BCUT2D eigenvalue weighted by atomic mass is 16.6. The van der Waals surface area contributed by atoms with Crippen molar-refractivity contribution in [3.63, 3.8) is 0 Å². The molecule has 384 valence electrons. The minimum Gasteiger partial charge on any atom is -0.462 e. The Morgan fingerprint density at radius 1 is 0.292 bits per heavy atom. The zero-order valence-electron chi connectivity index (χ0n) is 44.0. The van der Waals surface area contributed by atoms with E-state index < -0.39 is 6.10 Å². The van der Waals surface area contributed by atoms with E-state index in [1.807, 2.05) is 0 Å². The molecule has 6 nitrogen and oxygen atoms in total. The van der Waals surface area contributed by atoms with Gasteiger partial charge < -0.3 is 14.2 Å². The molecule has 0 spiro atoms. The molecule has 0 fully saturated rings. The van der Waals surface area contributed by atoms with E-state index in [4.69, 9.17) is 14.2 Å². The molecule has 0 radical (unpaired) electrons. The fraction of sp³-hybridized carbons (Fsp3) is 0.915. The lowest BCUT2D eigenvalue weighted by atomic mass is 10.0. The van der Waals surface area contributed by atoms with Crippen LogP contribution in [-0.2, 0) is 28.6 Å². The monoisotopic (exact) mass is 917 g/mol. The van der Waals surface area contributed by atoms with Gasteiger partial charge in [-0.1, -0.05) is 283 Å². The number of carbonyl (C=O) groups is 3. The van der Waals surface area contributed by atoms with Crippen molar-refractivity contribution in [1.29, 1.82) is 0 Å². The molecule has 0 aromatic carbocycles. The van der Waals surface area contributed by atoms with E-state index in [1.165, 1.54) is 225 Å². The summed E-state index contributed by atoms with van der Waals surface area (Å²) in [6.07, 6.45) is 62.4. The van der Waals surface area contributed by atoms with Gasteiger partial charge in [0.25, 0.3) is 0 Å². The fourth-order valence-corrected chi connectivity index (χ4v) is 8.84. The van der Waals surface area contributed by atoms with Crippen molar-refractivity contribution in [2.24, 2.45) is 0 Å². The predicted molar refractivity (Wildman–Crippen MR) is 280 cm³/mol. The average molecular weight is 918 g/mol. The molecule has 0 aliphatic rings. The van der Waals surface area contributed by atoms with Crippen LogP contribution in [0, 0.1) is 0 Å². The Hall–Kier alpha value is -1.85. The van der Waals surface area contributed by atoms with Gasteiger partial charge in [-0.25, -0.2) is 0 Å². The highest BCUT2D eigenvalue weighted by Crippen LogP contribution is 2.18. The Morgan fingerprint density at radius 3 is 0.815 bits per heavy atom. The Balaban J connectivity index is 4.03. The van der Waals surface area contributed by atoms with E-state index in [0.717, 1.165) is 64.2 Å². The number of ether oxygens (including phenoxy) is 3. The number of carbonyl (C=O) groups excluding carboxylic acids is 3. The Morgan fingerprint density at radius 2 is 0.523 bits per heavy atom. The molecule has 0 aliphatic carbocycles. The molecule has 0 aromatic rings. The Kier molecular flexibility index (Phi) is 53.2. The lowest BCUT2D eigenvalue weighted by Crippen LogP contribution is -2.30. The van der Waals surface area contributed by atoms with Gasteiger partial charge in [-0.3, -0.25) is 14.4 Å². The van der Waals surface area contributed by atoms with Crippen LogP contribution in [0.3, 0.4) is 0 Å². The van der Waals surface area contributed by atoms with Crippen molar-refractivity contribution in [3.8, 4) is 0 Å². The third-order valence-corrected chi connectivity index (χ3v) is 13.3. The summed E-state index contributed by atoms with van der Waals surface area (Å²) in [4.78, 5) is 37.9. The van der Waals surface area contributed by atoms with Gasteiger partial charge in [0.15, 0.2) is 6.10 Å². The summed E-state index contributed by atoms with van der Waals surface area (Å²) in [6.45, 7) is 6.62. The standard InChI is InChI=1S/C59H112O6/c1-4-7-10-13-16-19-21-22-23-24-25-26-27-28-29-30-31-32-33-34-35-36-38-40-43-46-49-52-58(61)64-55-56(54-63-57(60)51-48-45-42-39-18-15-12-9-6-3)65-59(62)53-50-47-44-41-37-20-17-14-11-8-5-2/h14,17,56H,4-13,15-16,18-55H2,1-3H3/b17-14-. The molecule has 0 N–H and O–H groups in total. The summed E-state index contributed by atoms with van der Waals surface area (Å²) >= 11 is 0. The first-order valence-electron chi connectivity index (χ1n) is 29.2. The molecule has 0 saturated carbocycles. The van der Waals surface area contributed by atoms with Gasteiger partial charge in [0.05, 0.1) is 0 Å². The van der Waals surface area contributed by atoms with Crippen LogP contribution >= 0.6 is 0 Å². The Bertz CT molecular complexity index is 1010. The number of rotatable bonds is 54. The number of allylic oxidation sites excluding steroid dienone is 2. The average Bonchev–Trinajstić information content (AvgIpc) is 3.30. The van der Waals surface area contributed by atoms with E-state index >= 15 is 0 Å². The molecule has 6 heteroatoms. The van der Waals surface area contributed by atoms with E-state index in [-0.39, 0.29) is 31.1 Å². The first-order valence-corrected chi connectivity index (χ1v) is 29.2. The molecule has 0 rings (SSSR count). The summed E-state index contributed by atoms with van der Waals surface area (Å²) in [5.41, 5.74) is 0. The van der Waals surface area contributed by atoms with Gasteiger partial charge in [0.1, 0.15) is 13.2 Å². The van der Waals surface area contributed by atoms with Crippen molar-refractivity contribution in [3.05, 3.63) is 12.2 Å². The first kappa shape index (κ1) is 63.1. The maximum Gasteiger partial charge on any atom is 0.306 e. The van der Waals surface area contributed by atoms with Gasteiger partial charge in [-0.05, 0) is 38.5 Å². The summed E-state index contributed by atoms with van der Waals surface area (Å²) in [5.74, 6) is -0.862. The molecule has 1 atom stereocenters. The second kappa shape index (κ2) is 54.8. The summed E-state index contributed by atoms with van der Waals surface area (Å²) in [6, 6.07) is 0. The third kappa shape index (κ3) is 53.0. The van der Waals surface area contributed by atoms with Crippen molar-refractivity contribution < 1.29 is 28.6 Å². The first-order chi connectivity index (χ1) is 32.0. The lowest BCUT2D eigenvalue weighted by Gasteiger charge is -2.18. The fourth-order valence-electron chi connectivity index (χ4n) is 8.84. The van der Waals surface area contributed by atoms with Crippen LogP contribution in [-0.4, -0.2) is 37.2 Å². The number of esters is 3. The molecule has 0 amide bonds. The molecule has 0 heterocycles. The van der Waals surface area contributed by atoms with Crippen LogP contribution in [0.25, 0.3) is 0 Å². The van der Waals surface area contributed by atoms with Gasteiger partial charge >= 0.3 is 17.9 Å². The maximum absolute atomic E-state index is 12.7. The molecular weight excluding hydrogens is 805 g/mol. The van der Waals surface area contributed by atoms with Crippen molar-refractivity contribution >= 4 is 17.9 Å². The lowest BCUT2D eigenvalue weighted by molar-refractivity contribution is -0.167. The number of hydrogen-bond donors (Lipinski definition) is 0. The van der Waals surface area contributed by atoms with Gasteiger partial charge in [0, 0.05) is 19.3 Å². The minimum absolute atomic E-state index is 0.0683. The molecule has 0 bridgehead atoms. The van der Waals surface area contributed by atoms with Crippen LogP contribution in [0.15, 0.2) is 12.2 Å². The van der Waals surface area contributed by atoms with E-state index in [1.54, 1.807) is 0 Å². The summed E-state index contributed by atoms with van der Waals surface area (Å²) in [5, 5.41) is 0. The van der Waals surface area contributed by atoms with Crippen LogP contribution in [0.1, 0.15) is 329 Å². The summed E-state index contributed by atoms with van der Waals surface area (Å²) < 4.78 is 16.8. The SMILES string of the molecule is CCCC/C=C\CCCCCCCC(=O)OC(COC(=O)CCCCCCCCCCC)COC(=O)CCCCCCCCCCCCCCCCCCCCCCCCCCCCC. The molecule has 1 unspecified atom stereocenters. The highest BCUT2D eigenvalue weighted by Gasteiger charge is 2.19. The number of hydrogen-bond acceptors (Lipinski definition) is 6. The van der Waals surface area contributed by atoms with E-state index in [9.17, 15) is 14.4 Å². The second-order valence-corrected chi connectivity index (χ2v) is 19.9. The topological polar surface area (TPSA) is 78.9 Å². The third-order valence-electron chi connectivity index (χ3n) is 13.3. The highest BCUT2D eigenvalue weighted by molar-refractivity contribution is 5.71.